The van der Waals surface area contributed by atoms with E-state index in [2.05, 4.69) is 5.32 Å². The van der Waals surface area contributed by atoms with Crippen LogP contribution in [0.1, 0.15) is 11.3 Å². The van der Waals surface area contributed by atoms with Crippen LogP contribution in [0.3, 0.4) is 0 Å². The molecule has 0 radical (unpaired) electrons. The molecule has 0 bridgehead atoms. The van der Waals surface area contributed by atoms with Gasteiger partial charge in [0, 0.05) is 26.2 Å². The van der Waals surface area contributed by atoms with Crippen molar-refractivity contribution in [1.29, 1.82) is 0 Å². The summed E-state index contributed by atoms with van der Waals surface area (Å²) in [5, 5.41) is 2.14. The smallest absolute Gasteiger partial charge is 0.417 e. The zero-order valence-electron chi connectivity index (χ0n) is 15.7. The highest BCUT2D eigenvalue weighted by molar-refractivity contribution is 7.89. The summed E-state index contributed by atoms with van der Waals surface area (Å²) >= 11 is 5.56. The summed E-state index contributed by atoms with van der Waals surface area (Å²) in [7, 11) is -4.12. The van der Waals surface area contributed by atoms with Gasteiger partial charge in [-0.05, 0) is 30.3 Å². The molecule has 1 aromatic heterocycles. The fourth-order valence-corrected chi connectivity index (χ4v) is 4.69. The van der Waals surface area contributed by atoms with Gasteiger partial charge in [-0.2, -0.15) is 17.5 Å². The fourth-order valence-electron chi connectivity index (χ4n) is 3.02. The highest BCUT2D eigenvalue weighted by Gasteiger charge is 2.36. The molecule has 1 fully saturated rings. The maximum atomic E-state index is 13.0. The summed E-state index contributed by atoms with van der Waals surface area (Å²) in [6.45, 7) is 0.974. The Hall–Kier alpha value is -2.08. The van der Waals surface area contributed by atoms with Gasteiger partial charge < -0.3 is 9.73 Å². The van der Waals surface area contributed by atoms with Crippen molar-refractivity contribution < 1.29 is 30.8 Å². The molecule has 2 aromatic rings. The van der Waals surface area contributed by atoms with Crippen LogP contribution in [0.2, 0.25) is 5.02 Å². The minimum absolute atomic E-state index is 0.0533. The zero-order valence-corrected chi connectivity index (χ0v) is 17.2. The van der Waals surface area contributed by atoms with Gasteiger partial charge in [0.1, 0.15) is 5.76 Å². The highest BCUT2D eigenvalue weighted by Crippen LogP contribution is 2.36. The van der Waals surface area contributed by atoms with Crippen LogP contribution < -0.4 is 5.32 Å². The summed E-state index contributed by atoms with van der Waals surface area (Å²) in [4.78, 5) is 13.3. The van der Waals surface area contributed by atoms with Gasteiger partial charge in [0.05, 0.1) is 34.8 Å². The number of benzene rings is 1. The normalized spacial score (nSPS) is 16.5. The summed E-state index contributed by atoms with van der Waals surface area (Å²) < 4.78 is 70.8. The second-order valence-electron chi connectivity index (χ2n) is 6.68. The average Bonchev–Trinajstić information content (AvgIpc) is 3.20. The van der Waals surface area contributed by atoms with Crippen molar-refractivity contribution in [3.05, 3.63) is 52.9 Å². The average molecular weight is 466 g/mol. The van der Waals surface area contributed by atoms with Gasteiger partial charge in [0.2, 0.25) is 15.9 Å². The van der Waals surface area contributed by atoms with E-state index in [1.165, 1.54) is 6.26 Å². The van der Waals surface area contributed by atoms with E-state index >= 15 is 0 Å². The van der Waals surface area contributed by atoms with Crippen LogP contribution in [0.15, 0.2) is 45.9 Å². The van der Waals surface area contributed by atoms with Gasteiger partial charge in [-0.1, -0.05) is 11.6 Å². The van der Waals surface area contributed by atoms with Crippen molar-refractivity contribution >= 4 is 27.5 Å². The Bertz CT molecular complexity index is 989. The van der Waals surface area contributed by atoms with Gasteiger partial charge in [-0.3, -0.25) is 9.69 Å². The van der Waals surface area contributed by atoms with Crippen molar-refractivity contribution in [2.75, 3.05) is 32.7 Å². The van der Waals surface area contributed by atoms with Crippen molar-refractivity contribution in [2.24, 2.45) is 0 Å². The second kappa shape index (κ2) is 8.96. The van der Waals surface area contributed by atoms with Crippen molar-refractivity contribution in [3.8, 4) is 0 Å². The van der Waals surface area contributed by atoms with Crippen LogP contribution in [-0.4, -0.2) is 56.3 Å². The summed E-state index contributed by atoms with van der Waals surface area (Å²) in [5.41, 5.74) is -1.20. The third-order valence-corrected chi connectivity index (χ3v) is 6.84. The van der Waals surface area contributed by atoms with Crippen LogP contribution in [-0.2, 0) is 27.5 Å². The lowest BCUT2D eigenvalue weighted by Gasteiger charge is -2.33. The molecule has 1 aliphatic rings. The maximum Gasteiger partial charge on any atom is 0.417 e. The van der Waals surface area contributed by atoms with Crippen LogP contribution >= 0.6 is 11.6 Å². The molecule has 1 amide bonds. The molecular formula is C18H19ClF3N3O4S. The molecule has 0 unspecified atom stereocenters. The molecule has 0 saturated carbocycles. The molecule has 12 heteroatoms. The van der Waals surface area contributed by atoms with E-state index in [1.54, 1.807) is 17.0 Å². The minimum Gasteiger partial charge on any atom is -0.467 e. The second-order valence-corrected chi connectivity index (χ2v) is 9.02. The SMILES string of the molecule is O=C(CN1CCN(S(=O)(=O)c2ccc(Cl)c(C(F)(F)F)c2)CC1)NCc1ccco1. The Morgan fingerprint density at radius 1 is 1.17 bits per heavy atom. The van der Waals surface area contributed by atoms with Crippen LogP contribution in [0.5, 0.6) is 0 Å². The Labute approximate surface area is 176 Å². The molecule has 0 atom stereocenters. The number of sulfonamides is 1. The molecule has 3 rings (SSSR count). The first kappa shape index (κ1) is 22.6. The first-order valence-electron chi connectivity index (χ1n) is 8.96. The van der Waals surface area contributed by atoms with Gasteiger partial charge in [0.15, 0.2) is 0 Å². The number of furan rings is 1. The predicted octanol–water partition coefficient (Wildman–Crippen LogP) is 2.57. The van der Waals surface area contributed by atoms with E-state index < -0.39 is 31.7 Å². The van der Waals surface area contributed by atoms with E-state index in [4.69, 9.17) is 16.0 Å². The summed E-state index contributed by atoms with van der Waals surface area (Å²) in [6, 6.07) is 5.97. The lowest BCUT2D eigenvalue weighted by atomic mass is 10.2. The van der Waals surface area contributed by atoms with Crippen LogP contribution in [0.25, 0.3) is 0 Å². The number of hydrogen-bond acceptors (Lipinski definition) is 5. The third kappa shape index (κ3) is 5.34. The standard InChI is InChI=1S/C18H19ClF3N3O4S/c19-16-4-3-14(10-15(16)18(20,21)22)30(27,28)25-7-5-24(6-8-25)12-17(26)23-11-13-2-1-9-29-13/h1-4,9-10H,5-8,11-12H2,(H,23,26). The molecule has 2 heterocycles. The van der Waals surface area contributed by atoms with Gasteiger partial charge >= 0.3 is 6.18 Å². The Morgan fingerprint density at radius 3 is 2.47 bits per heavy atom. The number of halogens is 4. The molecule has 30 heavy (non-hydrogen) atoms. The predicted molar refractivity (Wildman–Crippen MR) is 102 cm³/mol. The largest absolute Gasteiger partial charge is 0.467 e. The molecule has 1 aliphatic heterocycles. The van der Waals surface area contributed by atoms with E-state index in [9.17, 15) is 26.4 Å². The number of rotatable bonds is 6. The quantitative estimate of drug-likeness (QED) is 0.709. The maximum absolute atomic E-state index is 13.0. The number of carbonyl (C=O) groups excluding carboxylic acids is 1. The molecule has 1 N–H and O–H groups in total. The fraction of sp³-hybridized carbons (Fsp3) is 0.389. The van der Waals surface area contributed by atoms with E-state index in [1.807, 2.05) is 0 Å². The molecule has 1 saturated heterocycles. The van der Waals surface area contributed by atoms with Crippen molar-refractivity contribution in [1.82, 2.24) is 14.5 Å². The number of alkyl halides is 3. The first-order valence-corrected chi connectivity index (χ1v) is 10.8. The van der Waals surface area contributed by atoms with Crippen molar-refractivity contribution in [3.63, 3.8) is 0 Å². The Kier molecular flexibility index (Phi) is 6.75. The summed E-state index contributed by atoms with van der Waals surface area (Å²) in [6.07, 6.45) is -3.26. The molecular weight excluding hydrogens is 447 g/mol. The highest BCUT2D eigenvalue weighted by atomic mass is 35.5. The first-order chi connectivity index (χ1) is 14.1. The summed E-state index contributed by atoms with van der Waals surface area (Å²) in [5.74, 6) is 0.371. The number of nitrogens with zero attached hydrogens (tertiary/aromatic N) is 2. The topological polar surface area (TPSA) is 82.9 Å². The third-order valence-electron chi connectivity index (χ3n) is 4.62. The number of piperazine rings is 1. The van der Waals surface area contributed by atoms with E-state index in [-0.39, 0.29) is 45.2 Å². The Morgan fingerprint density at radius 2 is 1.87 bits per heavy atom. The van der Waals surface area contributed by atoms with Crippen molar-refractivity contribution in [2.45, 2.75) is 17.6 Å². The molecule has 1 aromatic carbocycles. The van der Waals surface area contributed by atoms with Gasteiger partial charge in [0.25, 0.3) is 0 Å². The number of carbonyl (C=O) groups is 1. The minimum atomic E-state index is -4.76. The van der Waals surface area contributed by atoms with Crippen LogP contribution in [0.4, 0.5) is 13.2 Å². The van der Waals surface area contributed by atoms with Gasteiger partial charge in [-0.25, -0.2) is 8.42 Å². The Balaban J connectivity index is 1.58. The number of nitrogens with one attached hydrogen (secondary N) is 1. The van der Waals surface area contributed by atoms with Crippen LogP contribution in [0, 0.1) is 0 Å². The number of amides is 1. The van der Waals surface area contributed by atoms with E-state index in [0.717, 1.165) is 16.4 Å². The number of hydrogen-bond donors (Lipinski definition) is 1. The molecule has 7 nitrogen and oxygen atoms in total. The molecule has 0 spiro atoms. The molecule has 164 valence electrons. The monoisotopic (exact) mass is 465 g/mol. The molecule has 0 aliphatic carbocycles. The van der Waals surface area contributed by atoms with E-state index in [0.29, 0.717) is 11.8 Å². The van der Waals surface area contributed by atoms with Gasteiger partial charge in [-0.15, -0.1) is 0 Å². The zero-order chi connectivity index (χ0) is 21.9. The lowest BCUT2D eigenvalue weighted by molar-refractivity contribution is -0.137. The lowest BCUT2D eigenvalue weighted by Crippen LogP contribution is -2.51.